The Morgan fingerprint density at radius 2 is 1.97 bits per heavy atom. The average molecular weight is 479 g/mol. The number of ether oxygens (including phenoxy) is 1. The molecule has 0 fully saturated rings. The van der Waals surface area contributed by atoms with E-state index in [0.717, 1.165) is 0 Å². The molecule has 0 radical (unpaired) electrons. The molecule has 11 heteroatoms. The quantitative estimate of drug-likeness (QED) is 0.295. The molecular formula is C23H22N6O4S. The second-order valence-corrected chi connectivity index (χ2v) is 8.22. The topological polar surface area (TPSA) is 120 Å². The van der Waals surface area contributed by atoms with Crippen LogP contribution in [-0.2, 0) is 16.1 Å². The molecular weight excluding hydrogens is 456 g/mol. The number of fused-ring (bicyclic) bond motifs is 3. The van der Waals surface area contributed by atoms with Gasteiger partial charge in [0.05, 0.1) is 29.5 Å². The number of carbonyl (C=O) groups is 2. The number of amides is 2. The second kappa shape index (κ2) is 9.79. The number of carbonyl (C=O) groups excluding carboxylic acids is 2. The van der Waals surface area contributed by atoms with E-state index in [0.29, 0.717) is 39.0 Å². The molecule has 0 saturated carbocycles. The molecule has 2 aromatic carbocycles. The predicted octanol–water partition coefficient (Wildman–Crippen LogP) is 2.93. The molecule has 2 heterocycles. The smallest absolute Gasteiger partial charge is 0.263 e. The summed E-state index contributed by atoms with van der Waals surface area (Å²) in [5.74, 6) is 0.385. The third-order valence-corrected chi connectivity index (χ3v) is 5.85. The highest BCUT2D eigenvalue weighted by atomic mass is 32.2. The van der Waals surface area contributed by atoms with Crippen LogP contribution in [0.3, 0.4) is 0 Å². The van der Waals surface area contributed by atoms with Gasteiger partial charge in [0.1, 0.15) is 5.75 Å². The molecule has 0 spiro atoms. The van der Waals surface area contributed by atoms with Gasteiger partial charge in [0, 0.05) is 19.2 Å². The van der Waals surface area contributed by atoms with E-state index in [-0.39, 0.29) is 29.7 Å². The lowest BCUT2D eigenvalue weighted by molar-refractivity contribution is -0.114. The van der Waals surface area contributed by atoms with Gasteiger partial charge in [0.25, 0.3) is 5.56 Å². The van der Waals surface area contributed by atoms with Crippen molar-refractivity contribution >= 4 is 51.6 Å². The van der Waals surface area contributed by atoms with E-state index >= 15 is 0 Å². The standard InChI is InChI=1S/C23H22N6O4S/c1-4-11-28-21(32)16-7-5-6-8-18(16)29-22(28)26-27-23(29)34-13-20(31)25-15-9-10-19(33-3)17(12-15)24-14(2)30/h4-10,12H,1,11,13H2,2-3H3,(H,24,30)(H,25,31). The number of benzene rings is 2. The summed E-state index contributed by atoms with van der Waals surface area (Å²) in [4.78, 5) is 37.0. The number of hydrogen-bond acceptors (Lipinski definition) is 7. The number of allylic oxidation sites excluding steroid dienone is 1. The lowest BCUT2D eigenvalue weighted by Crippen LogP contribution is -2.22. The number of aromatic nitrogens is 4. The maximum absolute atomic E-state index is 12.9. The van der Waals surface area contributed by atoms with Gasteiger partial charge in [-0.2, -0.15) is 0 Å². The molecule has 4 rings (SSSR count). The predicted molar refractivity (Wildman–Crippen MR) is 132 cm³/mol. The number of para-hydroxylation sites is 1. The molecule has 174 valence electrons. The first-order valence-electron chi connectivity index (χ1n) is 10.3. The second-order valence-electron chi connectivity index (χ2n) is 7.27. The van der Waals surface area contributed by atoms with Crippen LogP contribution < -0.4 is 20.9 Å². The Bertz CT molecular complexity index is 1480. The van der Waals surface area contributed by atoms with Gasteiger partial charge in [-0.05, 0) is 30.3 Å². The molecule has 0 aliphatic heterocycles. The van der Waals surface area contributed by atoms with Gasteiger partial charge in [-0.3, -0.25) is 23.4 Å². The van der Waals surface area contributed by atoms with Crippen molar-refractivity contribution in [3.8, 4) is 5.75 Å². The van der Waals surface area contributed by atoms with Crippen molar-refractivity contribution in [3.05, 3.63) is 65.5 Å². The van der Waals surface area contributed by atoms with Crippen molar-refractivity contribution in [2.24, 2.45) is 0 Å². The fraction of sp³-hybridized carbons (Fsp3) is 0.174. The Morgan fingerprint density at radius 1 is 1.18 bits per heavy atom. The zero-order valence-corrected chi connectivity index (χ0v) is 19.4. The summed E-state index contributed by atoms with van der Waals surface area (Å²) in [7, 11) is 1.50. The van der Waals surface area contributed by atoms with Gasteiger partial charge in [0.15, 0.2) is 5.16 Å². The number of hydrogen-bond donors (Lipinski definition) is 2. The van der Waals surface area contributed by atoms with E-state index in [1.165, 1.54) is 30.4 Å². The van der Waals surface area contributed by atoms with Crippen LogP contribution in [-0.4, -0.2) is 43.8 Å². The Hall–Kier alpha value is -4.12. The van der Waals surface area contributed by atoms with Crippen LogP contribution in [0.2, 0.25) is 0 Å². The summed E-state index contributed by atoms with van der Waals surface area (Å²) < 4.78 is 8.49. The van der Waals surface area contributed by atoms with Crippen LogP contribution in [0.4, 0.5) is 11.4 Å². The summed E-state index contributed by atoms with van der Waals surface area (Å²) in [5.41, 5.74) is 1.44. The number of methoxy groups -OCH3 is 1. The minimum Gasteiger partial charge on any atom is -0.495 e. The summed E-state index contributed by atoms with van der Waals surface area (Å²) in [6.45, 7) is 5.39. The van der Waals surface area contributed by atoms with Crippen LogP contribution >= 0.6 is 11.8 Å². The van der Waals surface area contributed by atoms with Gasteiger partial charge >= 0.3 is 0 Å². The van der Waals surface area contributed by atoms with Gasteiger partial charge in [0.2, 0.25) is 17.6 Å². The highest BCUT2D eigenvalue weighted by Gasteiger charge is 2.17. The van der Waals surface area contributed by atoms with E-state index in [1.807, 2.05) is 12.1 Å². The normalized spacial score (nSPS) is 10.9. The number of nitrogens with zero attached hydrogens (tertiary/aromatic N) is 4. The van der Waals surface area contributed by atoms with Crippen molar-refractivity contribution in [1.29, 1.82) is 0 Å². The molecule has 2 aromatic heterocycles. The van der Waals surface area contributed by atoms with E-state index in [2.05, 4.69) is 27.4 Å². The van der Waals surface area contributed by atoms with Crippen molar-refractivity contribution in [2.45, 2.75) is 18.6 Å². The average Bonchev–Trinajstić information content (AvgIpc) is 3.24. The molecule has 0 saturated heterocycles. The lowest BCUT2D eigenvalue weighted by atomic mass is 10.2. The first kappa shape index (κ1) is 23.1. The zero-order chi connectivity index (χ0) is 24.2. The molecule has 0 bridgehead atoms. The SMILES string of the molecule is C=CCn1c(=O)c2ccccc2n2c(SCC(=O)Nc3ccc(OC)c(NC(C)=O)c3)nnc12. The molecule has 0 aliphatic rings. The fourth-order valence-corrected chi connectivity index (χ4v) is 4.26. The Morgan fingerprint density at radius 3 is 2.71 bits per heavy atom. The van der Waals surface area contributed by atoms with Gasteiger partial charge in [-0.1, -0.05) is 30.0 Å². The fourth-order valence-electron chi connectivity index (χ4n) is 3.52. The maximum atomic E-state index is 12.9. The Balaban J connectivity index is 1.59. The highest BCUT2D eigenvalue weighted by molar-refractivity contribution is 7.99. The molecule has 2 N–H and O–H groups in total. The van der Waals surface area contributed by atoms with E-state index in [4.69, 9.17) is 4.74 Å². The van der Waals surface area contributed by atoms with Gasteiger partial charge in [-0.15, -0.1) is 16.8 Å². The minimum atomic E-state index is -0.274. The number of nitrogens with one attached hydrogen (secondary N) is 2. The third-order valence-electron chi connectivity index (χ3n) is 4.92. The number of anilines is 2. The molecule has 0 atom stereocenters. The molecule has 0 unspecified atom stereocenters. The lowest BCUT2D eigenvalue weighted by Gasteiger charge is -2.12. The van der Waals surface area contributed by atoms with E-state index in [1.54, 1.807) is 40.8 Å². The van der Waals surface area contributed by atoms with Crippen LogP contribution in [0.5, 0.6) is 5.75 Å². The molecule has 10 nitrogen and oxygen atoms in total. The van der Waals surface area contributed by atoms with Gasteiger partial charge in [-0.25, -0.2) is 0 Å². The molecule has 34 heavy (non-hydrogen) atoms. The first-order valence-corrected chi connectivity index (χ1v) is 11.3. The number of rotatable bonds is 8. The molecule has 0 aliphatic carbocycles. The Labute approximate surface area is 198 Å². The van der Waals surface area contributed by atoms with Crippen LogP contribution in [0.1, 0.15) is 6.92 Å². The van der Waals surface area contributed by atoms with Crippen molar-refractivity contribution in [1.82, 2.24) is 19.2 Å². The van der Waals surface area contributed by atoms with Crippen molar-refractivity contribution in [3.63, 3.8) is 0 Å². The van der Waals surface area contributed by atoms with Crippen LogP contribution in [0, 0.1) is 0 Å². The minimum absolute atomic E-state index is 0.0528. The largest absolute Gasteiger partial charge is 0.495 e. The highest BCUT2D eigenvalue weighted by Crippen LogP contribution is 2.28. The van der Waals surface area contributed by atoms with Crippen LogP contribution in [0.15, 0.2) is 65.1 Å². The summed E-state index contributed by atoms with van der Waals surface area (Å²) in [5, 5.41) is 14.9. The van der Waals surface area contributed by atoms with Gasteiger partial charge < -0.3 is 15.4 Å². The summed E-state index contributed by atoms with van der Waals surface area (Å²) in [6.07, 6.45) is 1.62. The molecule has 4 aromatic rings. The van der Waals surface area contributed by atoms with Crippen LogP contribution in [0.25, 0.3) is 16.7 Å². The maximum Gasteiger partial charge on any atom is 0.263 e. The monoisotopic (exact) mass is 478 g/mol. The Kier molecular flexibility index (Phi) is 6.64. The molecule has 2 amide bonds. The summed E-state index contributed by atoms with van der Waals surface area (Å²) in [6, 6.07) is 12.1. The zero-order valence-electron chi connectivity index (χ0n) is 18.6. The van der Waals surface area contributed by atoms with Crippen molar-refractivity contribution in [2.75, 3.05) is 23.5 Å². The first-order chi connectivity index (χ1) is 16.4. The summed E-state index contributed by atoms with van der Waals surface area (Å²) >= 11 is 1.20. The third kappa shape index (κ3) is 4.50. The number of thioether (sulfide) groups is 1. The van der Waals surface area contributed by atoms with Crippen molar-refractivity contribution < 1.29 is 14.3 Å². The van der Waals surface area contributed by atoms with E-state index in [9.17, 15) is 14.4 Å². The van der Waals surface area contributed by atoms with E-state index < -0.39 is 0 Å².